The van der Waals surface area contributed by atoms with Gasteiger partial charge in [0.1, 0.15) is 0 Å². The fourth-order valence-electron chi connectivity index (χ4n) is 2.26. The molecule has 1 rings (SSSR count). The van der Waals surface area contributed by atoms with Gasteiger partial charge in [0.2, 0.25) is 0 Å². The summed E-state index contributed by atoms with van der Waals surface area (Å²) in [5, 5.41) is 9.25. The first-order valence-electron chi connectivity index (χ1n) is 8.54. The average Bonchev–Trinajstić information content (AvgIpc) is 2.58. The minimum atomic E-state index is -0.0550. The molecule has 0 unspecified atom stereocenters. The number of carbonyl (C=O) groups excluding carboxylic acids is 1. The third-order valence-corrected chi connectivity index (χ3v) is 3.50. The molecule has 1 aromatic carbocycles. The highest BCUT2D eigenvalue weighted by Crippen LogP contribution is 2.05. The van der Waals surface area contributed by atoms with Gasteiger partial charge in [-0.3, -0.25) is 9.79 Å². The molecule has 7 heteroatoms. The van der Waals surface area contributed by atoms with Gasteiger partial charge in [-0.25, -0.2) is 0 Å². The number of hydrogen-bond acceptors (Lipinski definition) is 3. The van der Waals surface area contributed by atoms with Crippen LogP contribution in [0.15, 0.2) is 29.3 Å². The molecule has 0 bridgehead atoms. The Morgan fingerprint density at radius 1 is 1.24 bits per heavy atom. The molecule has 1 aromatic rings. The van der Waals surface area contributed by atoms with Crippen LogP contribution in [0, 0.1) is 0 Å². The predicted molar refractivity (Wildman–Crippen MR) is 116 cm³/mol. The molecule has 0 aliphatic heterocycles. The van der Waals surface area contributed by atoms with Crippen molar-refractivity contribution >= 4 is 35.8 Å². The summed E-state index contributed by atoms with van der Waals surface area (Å²) in [4.78, 5) is 18.4. The molecule has 3 N–H and O–H groups in total. The van der Waals surface area contributed by atoms with Crippen molar-refractivity contribution < 1.29 is 4.79 Å². The number of rotatable bonds is 9. The van der Waals surface area contributed by atoms with Crippen LogP contribution in [0.2, 0.25) is 0 Å². The first-order valence-corrected chi connectivity index (χ1v) is 8.54. The lowest BCUT2D eigenvalue weighted by atomic mass is 10.1. The second-order valence-electron chi connectivity index (χ2n) is 5.87. The van der Waals surface area contributed by atoms with Crippen LogP contribution < -0.4 is 16.0 Å². The maximum Gasteiger partial charge on any atom is 0.251 e. The molecule has 0 aliphatic rings. The van der Waals surface area contributed by atoms with Crippen LogP contribution >= 0.6 is 24.0 Å². The summed E-state index contributed by atoms with van der Waals surface area (Å²) in [5.41, 5.74) is 1.83. The van der Waals surface area contributed by atoms with Gasteiger partial charge in [-0.15, -0.1) is 24.0 Å². The van der Waals surface area contributed by atoms with Crippen LogP contribution in [-0.2, 0) is 6.42 Å². The van der Waals surface area contributed by atoms with Crippen LogP contribution in [-0.4, -0.2) is 64.1 Å². The third kappa shape index (κ3) is 10.3. The van der Waals surface area contributed by atoms with Crippen molar-refractivity contribution in [3.8, 4) is 0 Å². The Morgan fingerprint density at radius 3 is 2.64 bits per heavy atom. The minimum absolute atomic E-state index is 0. The van der Waals surface area contributed by atoms with Crippen LogP contribution in [0.4, 0.5) is 0 Å². The maximum atomic E-state index is 11.7. The lowest BCUT2D eigenvalue weighted by molar-refractivity contribution is 0.0963. The topological polar surface area (TPSA) is 68.8 Å². The molecule has 142 valence electrons. The fraction of sp³-hybridized carbons (Fsp3) is 0.556. The summed E-state index contributed by atoms with van der Waals surface area (Å²) < 4.78 is 0. The van der Waals surface area contributed by atoms with Gasteiger partial charge in [0.15, 0.2) is 5.96 Å². The van der Waals surface area contributed by atoms with Gasteiger partial charge in [0, 0.05) is 32.2 Å². The molecular formula is C18H32IN5O. The fourth-order valence-corrected chi connectivity index (χ4v) is 2.26. The van der Waals surface area contributed by atoms with Crippen molar-refractivity contribution in [2.24, 2.45) is 4.99 Å². The van der Waals surface area contributed by atoms with E-state index < -0.39 is 0 Å². The highest BCUT2D eigenvalue weighted by atomic mass is 127. The summed E-state index contributed by atoms with van der Waals surface area (Å²) in [6.07, 6.45) is 1.88. The van der Waals surface area contributed by atoms with E-state index in [0.29, 0.717) is 5.56 Å². The molecule has 6 nitrogen and oxygen atoms in total. The van der Waals surface area contributed by atoms with Crippen molar-refractivity contribution in [2.45, 2.75) is 19.8 Å². The zero-order chi connectivity index (χ0) is 17.8. The number of nitrogens with one attached hydrogen (secondary N) is 3. The highest BCUT2D eigenvalue weighted by Gasteiger charge is 2.04. The molecule has 0 atom stereocenters. The van der Waals surface area contributed by atoms with Crippen molar-refractivity contribution in [1.82, 2.24) is 20.9 Å². The van der Waals surface area contributed by atoms with E-state index in [4.69, 9.17) is 0 Å². The van der Waals surface area contributed by atoms with Gasteiger partial charge < -0.3 is 20.9 Å². The lowest BCUT2D eigenvalue weighted by Gasteiger charge is -2.12. The molecule has 0 aromatic heterocycles. The van der Waals surface area contributed by atoms with Gasteiger partial charge in [-0.1, -0.05) is 12.1 Å². The Labute approximate surface area is 168 Å². The predicted octanol–water partition coefficient (Wildman–Crippen LogP) is 1.71. The van der Waals surface area contributed by atoms with Gasteiger partial charge in [-0.2, -0.15) is 0 Å². The van der Waals surface area contributed by atoms with Crippen LogP contribution in [0.1, 0.15) is 29.3 Å². The zero-order valence-electron chi connectivity index (χ0n) is 15.8. The Balaban J connectivity index is 0.00000576. The van der Waals surface area contributed by atoms with E-state index in [9.17, 15) is 4.79 Å². The van der Waals surface area contributed by atoms with E-state index in [2.05, 4.69) is 46.9 Å². The Hall–Kier alpha value is -1.35. The quantitative estimate of drug-likeness (QED) is 0.227. The number of benzene rings is 1. The smallest absolute Gasteiger partial charge is 0.251 e. The van der Waals surface area contributed by atoms with Gasteiger partial charge in [0.25, 0.3) is 5.91 Å². The molecular weight excluding hydrogens is 429 g/mol. The monoisotopic (exact) mass is 461 g/mol. The summed E-state index contributed by atoms with van der Waals surface area (Å²) >= 11 is 0. The van der Waals surface area contributed by atoms with E-state index in [1.807, 2.05) is 24.3 Å². The number of aliphatic imine (C=N–C) groups is 1. The SMILES string of the molecule is CCNC(=NCCCN(C)C)NCCc1cccc(C(=O)NC)c1.I. The number of guanidine groups is 1. The molecule has 1 amide bonds. The van der Waals surface area contributed by atoms with Crippen LogP contribution in [0.25, 0.3) is 0 Å². The molecule has 0 spiro atoms. The zero-order valence-corrected chi connectivity index (χ0v) is 18.1. The van der Waals surface area contributed by atoms with E-state index in [1.165, 1.54) is 0 Å². The summed E-state index contributed by atoms with van der Waals surface area (Å²) in [5.74, 6) is 0.791. The highest BCUT2D eigenvalue weighted by molar-refractivity contribution is 14.0. The summed E-state index contributed by atoms with van der Waals surface area (Å²) in [6.45, 7) is 5.51. The third-order valence-electron chi connectivity index (χ3n) is 3.50. The summed E-state index contributed by atoms with van der Waals surface area (Å²) in [6, 6.07) is 7.71. The Bertz CT molecular complexity index is 534. The molecule has 0 fully saturated rings. The molecule has 0 aliphatic carbocycles. The molecule has 0 saturated heterocycles. The molecule has 0 saturated carbocycles. The second-order valence-corrected chi connectivity index (χ2v) is 5.87. The van der Waals surface area contributed by atoms with Crippen LogP contribution in [0.3, 0.4) is 0 Å². The van der Waals surface area contributed by atoms with E-state index >= 15 is 0 Å². The van der Waals surface area contributed by atoms with Crippen molar-refractivity contribution in [1.29, 1.82) is 0 Å². The standard InChI is InChI=1S/C18H31N5O.HI/c1-5-20-18(21-11-7-13-23(3)4)22-12-10-15-8-6-9-16(14-15)17(24)19-2;/h6,8-9,14H,5,7,10-13H2,1-4H3,(H,19,24)(H2,20,21,22);1H. The van der Waals surface area contributed by atoms with Gasteiger partial charge in [-0.05, 0) is 58.1 Å². The second kappa shape index (κ2) is 13.9. The molecule has 0 heterocycles. The van der Waals surface area contributed by atoms with Crippen molar-refractivity contribution in [3.63, 3.8) is 0 Å². The van der Waals surface area contributed by atoms with Crippen molar-refractivity contribution in [3.05, 3.63) is 35.4 Å². The number of hydrogen-bond donors (Lipinski definition) is 3. The largest absolute Gasteiger partial charge is 0.357 e. The number of halogens is 1. The first-order chi connectivity index (χ1) is 11.6. The number of amides is 1. The Kier molecular flexibility index (Phi) is 13.1. The summed E-state index contributed by atoms with van der Waals surface area (Å²) in [7, 11) is 5.78. The lowest BCUT2D eigenvalue weighted by Crippen LogP contribution is -2.38. The minimum Gasteiger partial charge on any atom is -0.357 e. The first kappa shape index (κ1) is 23.6. The van der Waals surface area contributed by atoms with E-state index in [0.717, 1.165) is 50.5 Å². The Morgan fingerprint density at radius 2 is 2.00 bits per heavy atom. The molecule has 25 heavy (non-hydrogen) atoms. The molecule has 0 radical (unpaired) electrons. The maximum absolute atomic E-state index is 11.7. The normalized spacial score (nSPS) is 11.0. The average molecular weight is 461 g/mol. The van der Waals surface area contributed by atoms with Crippen LogP contribution in [0.5, 0.6) is 0 Å². The number of carbonyl (C=O) groups is 1. The van der Waals surface area contributed by atoms with E-state index in [1.54, 1.807) is 7.05 Å². The van der Waals surface area contributed by atoms with Gasteiger partial charge in [0.05, 0.1) is 0 Å². The van der Waals surface area contributed by atoms with Gasteiger partial charge >= 0.3 is 0 Å². The number of nitrogens with zero attached hydrogens (tertiary/aromatic N) is 2. The van der Waals surface area contributed by atoms with E-state index in [-0.39, 0.29) is 29.9 Å². The van der Waals surface area contributed by atoms with Crippen molar-refractivity contribution in [2.75, 3.05) is 47.3 Å².